The summed E-state index contributed by atoms with van der Waals surface area (Å²) < 4.78 is 1.83. The van der Waals surface area contributed by atoms with Gasteiger partial charge in [0.2, 0.25) is 0 Å². The molecule has 2 rings (SSSR count). The van der Waals surface area contributed by atoms with E-state index < -0.39 is 0 Å². The van der Waals surface area contributed by atoms with Crippen LogP contribution in [0.1, 0.15) is 23.7 Å². The van der Waals surface area contributed by atoms with Crippen LogP contribution >= 0.6 is 31.9 Å². The molecule has 2 nitrogen and oxygen atoms in total. The lowest BCUT2D eigenvalue weighted by Crippen LogP contribution is -2.28. The smallest absolute Gasteiger partial charge is 0.255 e. The molecule has 1 atom stereocenters. The molecule has 1 aromatic carbocycles. The number of rotatable bonds is 1. The van der Waals surface area contributed by atoms with E-state index in [1.54, 1.807) is 0 Å². The molecule has 0 radical (unpaired) electrons. The summed E-state index contributed by atoms with van der Waals surface area (Å²) in [5.41, 5.74) is 0.748. The Labute approximate surface area is 112 Å². The van der Waals surface area contributed by atoms with Crippen molar-refractivity contribution in [2.45, 2.75) is 13.3 Å². The Morgan fingerprint density at radius 2 is 2.19 bits per heavy atom. The summed E-state index contributed by atoms with van der Waals surface area (Å²) in [7, 11) is 0. The summed E-state index contributed by atoms with van der Waals surface area (Å²) in [4.78, 5) is 14.1. The van der Waals surface area contributed by atoms with Gasteiger partial charge in [-0.2, -0.15) is 0 Å². The largest absolute Gasteiger partial charge is 0.338 e. The van der Waals surface area contributed by atoms with Gasteiger partial charge in [0.05, 0.1) is 5.56 Å². The summed E-state index contributed by atoms with van der Waals surface area (Å²) in [5.74, 6) is 0.752. The van der Waals surface area contributed by atoms with Crippen molar-refractivity contribution in [3.05, 3.63) is 32.7 Å². The van der Waals surface area contributed by atoms with Crippen LogP contribution in [0.25, 0.3) is 0 Å². The zero-order valence-electron chi connectivity index (χ0n) is 9.04. The van der Waals surface area contributed by atoms with E-state index in [4.69, 9.17) is 0 Å². The Morgan fingerprint density at radius 3 is 2.75 bits per heavy atom. The quantitative estimate of drug-likeness (QED) is 0.759. The van der Waals surface area contributed by atoms with Gasteiger partial charge in [-0.05, 0) is 46.5 Å². The van der Waals surface area contributed by atoms with Gasteiger partial charge in [-0.15, -0.1) is 0 Å². The van der Waals surface area contributed by atoms with Gasteiger partial charge in [0.25, 0.3) is 5.91 Å². The Balaban J connectivity index is 2.21. The molecule has 1 aliphatic rings. The molecule has 86 valence electrons. The van der Waals surface area contributed by atoms with E-state index in [9.17, 15) is 4.79 Å². The van der Waals surface area contributed by atoms with E-state index in [0.29, 0.717) is 5.92 Å². The van der Waals surface area contributed by atoms with Gasteiger partial charge in [0.1, 0.15) is 0 Å². The molecule has 1 unspecified atom stereocenters. The topological polar surface area (TPSA) is 20.3 Å². The van der Waals surface area contributed by atoms with E-state index in [0.717, 1.165) is 34.0 Å². The first-order valence-electron chi connectivity index (χ1n) is 5.32. The van der Waals surface area contributed by atoms with Gasteiger partial charge in [0, 0.05) is 22.0 Å². The molecule has 1 heterocycles. The van der Waals surface area contributed by atoms with Crippen molar-refractivity contribution in [1.82, 2.24) is 4.90 Å². The highest BCUT2D eigenvalue weighted by Crippen LogP contribution is 2.25. The van der Waals surface area contributed by atoms with E-state index in [1.807, 2.05) is 23.1 Å². The molecule has 0 aliphatic carbocycles. The second-order valence-electron chi connectivity index (χ2n) is 4.27. The maximum Gasteiger partial charge on any atom is 0.255 e. The molecule has 16 heavy (non-hydrogen) atoms. The zero-order valence-corrected chi connectivity index (χ0v) is 12.2. The highest BCUT2D eigenvalue weighted by molar-refractivity contribution is 9.11. The van der Waals surface area contributed by atoms with Gasteiger partial charge < -0.3 is 4.90 Å². The minimum atomic E-state index is 0.128. The van der Waals surface area contributed by atoms with Crippen LogP contribution in [-0.2, 0) is 0 Å². The van der Waals surface area contributed by atoms with Crippen molar-refractivity contribution >= 4 is 37.8 Å². The summed E-state index contributed by atoms with van der Waals surface area (Å²) in [6.07, 6.45) is 1.11. The Hall–Kier alpha value is -0.350. The molecule has 0 aromatic heterocycles. The minimum absolute atomic E-state index is 0.128. The number of likely N-dealkylation sites (tertiary alicyclic amines) is 1. The number of amides is 1. The lowest BCUT2D eigenvalue weighted by Gasteiger charge is -2.16. The van der Waals surface area contributed by atoms with Crippen molar-refractivity contribution in [1.29, 1.82) is 0 Å². The third kappa shape index (κ3) is 2.48. The summed E-state index contributed by atoms with van der Waals surface area (Å²) >= 11 is 6.82. The normalized spacial score (nSPS) is 20.2. The highest BCUT2D eigenvalue weighted by atomic mass is 79.9. The number of halogens is 2. The molecule has 0 N–H and O–H groups in total. The van der Waals surface area contributed by atoms with E-state index >= 15 is 0 Å². The fourth-order valence-electron chi connectivity index (χ4n) is 1.95. The SMILES string of the molecule is CC1CCN(C(=O)c2ccc(Br)cc2Br)C1. The number of carbonyl (C=O) groups excluding carboxylic acids is 1. The predicted octanol–water partition coefficient (Wildman–Crippen LogP) is 3.69. The van der Waals surface area contributed by atoms with E-state index in [2.05, 4.69) is 38.8 Å². The second-order valence-corrected chi connectivity index (χ2v) is 6.04. The molecule has 1 aliphatic heterocycles. The first kappa shape index (κ1) is 12.1. The predicted molar refractivity (Wildman–Crippen MR) is 71.5 cm³/mol. The van der Waals surface area contributed by atoms with Gasteiger partial charge >= 0.3 is 0 Å². The maximum absolute atomic E-state index is 12.2. The average molecular weight is 347 g/mol. The Bertz CT molecular complexity index is 419. The molecule has 0 spiro atoms. The number of nitrogens with zero attached hydrogens (tertiary/aromatic N) is 1. The summed E-state index contributed by atoms with van der Waals surface area (Å²) in [6.45, 7) is 3.94. The van der Waals surface area contributed by atoms with Crippen molar-refractivity contribution in [3.63, 3.8) is 0 Å². The number of benzene rings is 1. The average Bonchev–Trinajstić information content (AvgIpc) is 2.64. The Kier molecular flexibility index (Phi) is 3.70. The van der Waals surface area contributed by atoms with Crippen LogP contribution in [0.3, 0.4) is 0 Å². The molecule has 1 saturated heterocycles. The first-order valence-corrected chi connectivity index (χ1v) is 6.91. The first-order chi connectivity index (χ1) is 7.58. The van der Waals surface area contributed by atoms with Gasteiger partial charge in [-0.25, -0.2) is 0 Å². The monoisotopic (exact) mass is 345 g/mol. The van der Waals surface area contributed by atoms with Gasteiger partial charge in [-0.1, -0.05) is 22.9 Å². The van der Waals surface area contributed by atoms with Crippen molar-refractivity contribution in [2.24, 2.45) is 5.92 Å². The van der Waals surface area contributed by atoms with E-state index in [1.165, 1.54) is 0 Å². The van der Waals surface area contributed by atoms with Crippen LogP contribution in [0, 0.1) is 5.92 Å². The summed E-state index contributed by atoms with van der Waals surface area (Å²) in [6, 6.07) is 5.67. The molecule has 1 fully saturated rings. The van der Waals surface area contributed by atoms with Crippen LogP contribution in [0.15, 0.2) is 27.1 Å². The van der Waals surface area contributed by atoms with Crippen LogP contribution in [0.2, 0.25) is 0 Å². The van der Waals surface area contributed by atoms with Crippen LogP contribution in [-0.4, -0.2) is 23.9 Å². The fourth-order valence-corrected chi connectivity index (χ4v) is 3.17. The van der Waals surface area contributed by atoms with Crippen LogP contribution in [0.5, 0.6) is 0 Å². The molecular formula is C12H13Br2NO. The van der Waals surface area contributed by atoms with E-state index in [-0.39, 0.29) is 5.91 Å². The Morgan fingerprint density at radius 1 is 1.44 bits per heavy atom. The van der Waals surface area contributed by atoms with Gasteiger partial charge in [-0.3, -0.25) is 4.79 Å². The van der Waals surface area contributed by atoms with Crippen LogP contribution in [0.4, 0.5) is 0 Å². The van der Waals surface area contributed by atoms with Crippen LogP contribution < -0.4 is 0 Å². The number of hydrogen-bond donors (Lipinski definition) is 0. The lowest BCUT2D eigenvalue weighted by atomic mass is 10.2. The minimum Gasteiger partial charge on any atom is -0.338 e. The standard InChI is InChI=1S/C12H13Br2NO/c1-8-4-5-15(7-8)12(16)10-3-2-9(13)6-11(10)14/h2-3,6,8H,4-5,7H2,1H3. The third-order valence-corrected chi connectivity index (χ3v) is 4.02. The molecule has 1 amide bonds. The zero-order chi connectivity index (χ0) is 11.7. The molecule has 0 saturated carbocycles. The molecule has 4 heteroatoms. The van der Waals surface area contributed by atoms with Crippen molar-refractivity contribution < 1.29 is 4.79 Å². The molecule has 0 bridgehead atoms. The molecular weight excluding hydrogens is 334 g/mol. The van der Waals surface area contributed by atoms with Crippen molar-refractivity contribution in [3.8, 4) is 0 Å². The highest BCUT2D eigenvalue weighted by Gasteiger charge is 2.25. The lowest BCUT2D eigenvalue weighted by molar-refractivity contribution is 0.0787. The fraction of sp³-hybridized carbons (Fsp3) is 0.417. The van der Waals surface area contributed by atoms with Crippen molar-refractivity contribution in [2.75, 3.05) is 13.1 Å². The number of hydrogen-bond acceptors (Lipinski definition) is 1. The van der Waals surface area contributed by atoms with Gasteiger partial charge in [0.15, 0.2) is 0 Å². The third-order valence-electron chi connectivity index (χ3n) is 2.87. The number of carbonyl (C=O) groups is 1. The molecule has 1 aromatic rings. The second kappa shape index (κ2) is 4.88. The summed E-state index contributed by atoms with van der Waals surface area (Å²) in [5, 5.41) is 0. The maximum atomic E-state index is 12.2.